The first-order valence-electron chi connectivity index (χ1n) is 7.38. The number of hydrogen-bond donors (Lipinski definition) is 2. The van der Waals surface area contributed by atoms with Gasteiger partial charge in [0.25, 0.3) is 0 Å². The van der Waals surface area contributed by atoms with Crippen molar-refractivity contribution in [2.24, 2.45) is 16.5 Å². The van der Waals surface area contributed by atoms with E-state index >= 15 is 0 Å². The van der Waals surface area contributed by atoms with E-state index in [1.807, 2.05) is 0 Å². The maximum absolute atomic E-state index is 5.83. The Morgan fingerprint density at radius 1 is 1.21 bits per heavy atom. The van der Waals surface area contributed by atoms with Gasteiger partial charge in [-0.3, -0.25) is 9.89 Å². The lowest BCUT2D eigenvalue weighted by atomic mass is 9.79. The lowest BCUT2D eigenvalue weighted by molar-refractivity contribution is -0.121. The fourth-order valence-electron chi connectivity index (χ4n) is 3.44. The molecule has 1 aliphatic heterocycles. The van der Waals surface area contributed by atoms with E-state index in [1.165, 1.54) is 32.1 Å². The number of hydrogen-bond acceptors (Lipinski definition) is 3. The normalized spacial score (nSPS) is 26.8. The molecule has 110 valence electrons. The minimum Gasteiger partial charge on any atom is -0.373 e. The zero-order chi connectivity index (χ0) is 13.9. The highest BCUT2D eigenvalue weighted by Gasteiger charge is 2.42. The van der Waals surface area contributed by atoms with Crippen LogP contribution in [0.3, 0.4) is 0 Å². The molecule has 2 fully saturated rings. The summed E-state index contributed by atoms with van der Waals surface area (Å²) in [5, 5.41) is 0. The molecule has 1 aliphatic carbocycles. The van der Waals surface area contributed by atoms with Crippen LogP contribution in [0.4, 0.5) is 0 Å². The van der Waals surface area contributed by atoms with Crippen LogP contribution in [0.15, 0.2) is 4.99 Å². The van der Waals surface area contributed by atoms with Gasteiger partial charge in [0.2, 0.25) is 0 Å². The maximum atomic E-state index is 5.83. The molecule has 0 bridgehead atoms. The second-order valence-electron chi connectivity index (χ2n) is 6.56. The van der Waals surface area contributed by atoms with E-state index < -0.39 is 0 Å². The van der Waals surface area contributed by atoms with Crippen molar-refractivity contribution in [3.05, 3.63) is 0 Å². The average molecular weight is 268 g/mol. The van der Waals surface area contributed by atoms with Crippen molar-refractivity contribution >= 4 is 5.96 Å². The zero-order valence-electron chi connectivity index (χ0n) is 12.3. The van der Waals surface area contributed by atoms with Gasteiger partial charge < -0.3 is 16.2 Å². The second kappa shape index (κ2) is 5.67. The first-order valence-corrected chi connectivity index (χ1v) is 7.38. The summed E-state index contributed by atoms with van der Waals surface area (Å²) in [4.78, 5) is 6.90. The van der Waals surface area contributed by atoms with Crippen molar-refractivity contribution in [2.45, 2.75) is 57.1 Å². The van der Waals surface area contributed by atoms with Gasteiger partial charge in [0.15, 0.2) is 5.96 Å². The van der Waals surface area contributed by atoms with Crippen LogP contribution in [0.2, 0.25) is 0 Å². The predicted octanol–water partition coefficient (Wildman–Crippen LogP) is 1.07. The largest absolute Gasteiger partial charge is 0.373 e. The van der Waals surface area contributed by atoms with Crippen LogP contribution in [0, 0.1) is 0 Å². The minimum atomic E-state index is -0.0688. The number of ether oxygens (including phenoxy) is 1. The van der Waals surface area contributed by atoms with Gasteiger partial charge in [-0.2, -0.15) is 0 Å². The molecule has 1 saturated heterocycles. The van der Waals surface area contributed by atoms with E-state index in [0.29, 0.717) is 0 Å². The lowest BCUT2D eigenvalue weighted by Gasteiger charge is -2.51. The number of nitrogens with zero attached hydrogens (tertiary/aromatic N) is 2. The van der Waals surface area contributed by atoms with Gasteiger partial charge in [0.05, 0.1) is 18.8 Å². The van der Waals surface area contributed by atoms with Gasteiger partial charge in [-0.15, -0.1) is 0 Å². The third kappa shape index (κ3) is 3.60. The van der Waals surface area contributed by atoms with E-state index in [1.54, 1.807) is 0 Å². The number of aliphatic imine (C=N–C) groups is 1. The van der Waals surface area contributed by atoms with Crippen molar-refractivity contribution in [2.75, 3.05) is 26.2 Å². The quantitative estimate of drug-likeness (QED) is 0.593. The Labute approximate surface area is 116 Å². The highest BCUT2D eigenvalue weighted by atomic mass is 16.5. The molecular weight excluding hydrogens is 240 g/mol. The summed E-state index contributed by atoms with van der Waals surface area (Å²) in [5.41, 5.74) is 11.1. The van der Waals surface area contributed by atoms with Gasteiger partial charge in [-0.05, 0) is 26.7 Å². The maximum Gasteiger partial charge on any atom is 0.185 e. The molecule has 5 heteroatoms. The molecule has 0 aromatic rings. The van der Waals surface area contributed by atoms with Crippen molar-refractivity contribution in [1.29, 1.82) is 0 Å². The molecule has 0 radical (unpaired) electrons. The number of nitrogens with two attached hydrogens (primary N) is 2. The average Bonchev–Trinajstić information content (AvgIpc) is 2.36. The Balaban J connectivity index is 2.14. The van der Waals surface area contributed by atoms with Crippen LogP contribution in [-0.2, 0) is 4.74 Å². The molecule has 2 aliphatic rings. The van der Waals surface area contributed by atoms with Crippen LogP contribution >= 0.6 is 0 Å². The van der Waals surface area contributed by atoms with Crippen LogP contribution < -0.4 is 11.5 Å². The highest BCUT2D eigenvalue weighted by molar-refractivity contribution is 5.75. The molecular formula is C14H28N4O. The molecule has 0 aromatic heterocycles. The van der Waals surface area contributed by atoms with Gasteiger partial charge >= 0.3 is 0 Å². The molecule has 2 rings (SSSR count). The van der Waals surface area contributed by atoms with Gasteiger partial charge in [-0.1, -0.05) is 19.3 Å². The summed E-state index contributed by atoms with van der Waals surface area (Å²) in [6.45, 7) is 7.81. The zero-order valence-corrected chi connectivity index (χ0v) is 12.3. The summed E-state index contributed by atoms with van der Waals surface area (Å²) in [6, 6.07) is 0. The van der Waals surface area contributed by atoms with Gasteiger partial charge in [-0.25, -0.2) is 0 Å². The van der Waals surface area contributed by atoms with Crippen molar-refractivity contribution in [3.63, 3.8) is 0 Å². The number of rotatable bonds is 3. The van der Waals surface area contributed by atoms with Gasteiger partial charge in [0, 0.05) is 18.6 Å². The van der Waals surface area contributed by atoms with E-state index in [9.17, 15) is 0 Å². The summed E-state index contributed by atoms with van der Waals surface area (Å²) < 4.78 is 5.83. The standard InChI is InChI=1S/C14H28N4O/c1-13(2)11-18(8-9-19-13)14(10-17-12(15)16)6-4-3-5-7-14/h3-11H2,1-2H3,(H4,15,16,17). The Morgan fingerprint density at radius 2 is 1.89 bits per heavy atom. The molecule has 5 nitrogen and oxygen atoms in total. The van der Waals surface area contributed by atoms with E-state index in [4.69, 9.17) is 16.2 Å². The lowest BCUT2D eigenvalue weighted by Crippen LogP contribution is -2.60. The van der Waals surface area contributed by atoms with Gasteiger partial charge in [0.1, 0.15) is 0 Å². The van der Waals surface area contributed by atoms with Crippen molar-refractivity contribution in [3.8, 4) is 0 Å². The predicted molar refractivity (Wildman–Crippen MR) is 78.1 cm³/mol. The van der Waals surface area contributed by atoms with Crippen LogP contribution in [-0.4, -0.2) is 48.2 Å². The SMILES string of the molecule is CC1(C)CN(C2(CN=C(N)N)CCCCC2)CCO1. The molecule has 0 unspecified atom stereocenters. The molecule has 19 heavy (non-hydrogen) atoms. The molecule has 0 amide bonds. The highest BCUT2D eigenvalue weighted by Crippen LogP contribution is 2.36. The summed E-state index contributed by atoms with van der Waals surface area (Å²) in [7, 11) is 0. The van der Waals surface area contributed by atoms with E-state index in [2.05, 4.69) is 23.7 Å². The Kier molecular flexibility index (Phi) is 4.36. The minimum absolute atomic E-state index is 0.0688. The van der Waals surface area contributed by atoms with Crippen LogP contribution in [0.5, 0.6) is 0 Å². The third-order valence-corrected chi connectivity index (χ3v) is 4.44. The van der Waals surface area contributed by atoms with E-state index in [0.717, 1.165) is 26.2 Å². The molecule has 1 saturated carbocycles. The molecule has 0 spiro atoms. The fraction of sp³-hybridized carbons (Fsp3) is 0.929. The summed E-state index contributed by atoms with van der Waals surface area (Å²) in [5.74, 6) is 0.206. The van der Waals surface area contributed by atoms with Crippen LogP contribution in [0.1, 0.15) is 46.0 Å². The molecule has 0 aromatic carbocycles. The number of morpholine rings is 1. The Hall–Kier alpha value is -0.810. The monoisotopic (exact) mass is 268 g/mol. The molecule has 4 N–H and O–H groups in total. The first kappa shape index (κ1) is 14.6. The topological polar surface area (TPSA) is 76.9 Å². The smallest absolute Gasteiger partial charge is 0.185 e. The Bertz CT molecular complexity index is 330. The summed E-state index contributed by atoms with van der Waals surface area (Å²) >= 11 is 0. The number of guanidine groups is 1. The fourth-order valence-corrected chi connectivity index (χ4v) is 3.44. The summed E-state index contributed by atoms with van der Waals surface area (Å²) in [6.07, 6.45) is 6.27. The van der Waals surface area contributed by atoms with E-state index in [-0.39, 0.29) is 17.1 Å². The molecule has 1 heterocycles. The Morgan fingerprint density at radius 3 is 2.47 bits per heavy atom. The first-order chi connectivity index (χ1) is 8.94. The molecule has 0 atom stereocenters. The van der Waals surface area contributed by atoms with Crippen LogP contribution in [0.25, 0.3) is 0 Å². The third-order valence-electron chi connectivity index (χ3n) is 4.44. The van der Waals surface area contributed by atoms with Crippen molar-refractivity contribution in [1.82, 2.24) is 4.90 Å². The second-order valence-corrected chi connectivity index (χ2v) is 6.56. The van der Waals surface area contributed by atoms with Crippen molar-refractivity contribution < 1.29 is 4.74 Å².